The standard InChI is InChI=1S/C22H22F3N3O6/c1-2-33-21(30)17-11-16(12-18(13-17)28(31)32)20(29)27-9-7-26(8-10-27)14-15-3-5-19(6-4-15)34-22(23,24)25/h3-6,11-13H,2,7-10,14H2,1H3. The third kappa shape index (κ3) is 6.67. The number of amides is 1. The fourth-order valence-electron chi connectivity index (χ4n) is 3.52. The third-order valence-corrected chi connectivity index (χ3v) is 5.11. The Hall–Kier alpha value is -3.67. The number of halogens is 3. The molecule has 0 radical (unpaired) electrons. The molecule has 1 heterocycles. The number of nitro benzene ring substituents is 1. The Morgan fingerprint density at radius 2 is 1.65 bits per heavy atom. The summed E-state index contributed by atoms with van der Waals surface area (Å²) in [6, 6.07) is 9.04. The zero-order valence-corrected chi connectivity index (χ0v) is 18.2. The first-order valence-corrected chi connectivity index (χ1v) is 10.4. The number of hydrogen-bond donors (Lipinski definition) is 0. The van der Waals surface area contributed by atoms with Gasteiger partial charge in [-0.3, -0.25) is 19.8 Å². The molecule has 12 heteroatoms. The van der Waals surface area contributed by atoms with Gasteiger partial charge in [-0.1, -0.05) is 12.1 Å². The van der Waals surface area contributed by atoms with Crippen molar-refractivity contribution in [2.75, 3.05) is 32.8 Å². The van der Waals surface area contributed by atoms with E-state index in [9.17, 15) is 32.9 Å². The molecule has 0 aromatic heterocycles. The van der Waals surface area contributed by atoms with Crippen molar-refractivity contribution in [2.45, 2.75) is 19.8 Å². The molecule has 182 valence electrons. The number of piperazine rings is 1. The van der Waals surface area contributed by atoms with Gasteiger partial charge in [0, 0.05) is 50.4 Å². The van der Waals surface area contributed by atoms with Gasteiger partial charge in [-0.2, -0.15) is 0 Å². The summed E-state index contributed by atoms with van der Waals surface area (Å²) in [5.41, 5.74) is 0.347. The largest absolute Gasteiger partial charge is 0.573 e. The second-order valence-electron chi connectivity index (χ2n) is 7.51. The lowest BCUT2D eigenvalue weighted by molar-refractivity contribution is -0.384. The van der Waals surface area contributed by atoms with Crippen molar-refractivity contribution in [3.63, 3.8) is 0 Å². The van der Waals surface area contributed by atoms with Gasteiger partial charge in [0.1, 0.15) is 5.75 Å². The van der Waals surface area contributed by atoms with Gasteiger partial charge < -0.3 is 14.4 Å². The topological polar surface area (TPSA) is 102 Å². The number of alkyl halides is 3. The highest BCUT2D eigenvalue weighted by molar-refractivity contribution is 5.99. The number of carbonyl (C=O) groups excluding carboxylic acids is 2. The quantitative estimate of drug-likeness (QED) is 0.338. The molecular weight excluding hydrogens is 459 g/mol. The maximum atomic E-state index is 13.0. The number of rotatable bonds is 7. The SMILES string of the molecule is CCOC(=O)c1cc(C(=O)N2CCN(Cc3ccc(OC(F)(F)F)cc3)CC2)cc([N+](=O)[O-])c1. The van der Waals surface area contributed by atoms with E-state index in [1.807, 2.05) is 4.90 Å². The van der Waals surface area contributed by atoms with Crippen LogP contribution < -0.4 is 4.74 Å². The summed E-state index contributed by atoms with van der Waals surface area (Å²) < 4.78 is 45.6. The normalized spacial score (nSPS) is 14.5. The smallest absolute Gasteiger partial charge is 0.462 e. The number of hydrogen-bond acceptors (Lipinski definition) is 7. The maximum Gasteiger partial charge on any atom is 0.573 e. The van der Waals surface area contributed by atoms with Crippen LogP contribution in [0.3, 0.4) is 0 Å². The van der Waals surface area contributed by atoms with Gasteiger partial charge in [0.2, 0.25) is 0 Å². The second kappa shape index (κ2) is 10.5. The van der Waals surface area contributed by atoms with Crippen LogP contribution in [0, 0.1) is 10.1 Å². The van der Waals surface area contributed by atoms with Gasteiger partial charge in [-0.15, -0.1) is 13.2 Å². The first-order chi connectivity index (χ1) is 16.1. The molecule has 0 spiro atoms. The zero-order valence-electron chi connectivity index (χ0n) is 18.2. The van der Waals surface area contributed by atoms with Gasteiger partial charge in [0.15, 0.2) is 0 Å². The number of nitrogens with zero attached hydrogens (tertiary/aromatic N) is 3. The summed E-state index contributed by atoms with van der Waals surface area (Å²) in [4.78, 5) is 39.1. The van der Waals surface area contributed by atoms with Crippen LogP contribution in [0.4, 0.5) is 18.9 Å². The Balaban J connectivity index is 1.62. The fraction of sp³-hybridized carbons (Fsp3) is 0.364. The molecule has 9 nitrogen and oxygen atoms in total. The number of ether oxygens (including phenoxy) is 2. The van der Waals surface area contributed by atoms with Crippen molar-refractivity contribution < 1.29 is 37.2 Å². The van der Waals surface area contributed by atoms with E-state index >= 15 is 0 Å². The summed E-state index contributed by atoms with van der Waals surface area (Å²) in [6.45, 7) is 3.82. The molecule has 0 saturated carbocycles. The van der Waals surface area contributed by atoms with Crippen LogP contribution >= 0.6 is 0 Å². The number of esters is 1. The van der Waals surface area contributed by atoms with E-state index in [0.717, 1.165) is 17.7 Å². The molecule has 2 aromatic carbocycles. The molecule has 1 saturated heterocycles. The first-order valence-electron chi connectivity index (χ1n) is 10.4. The molecule has 1 fully saturated rings. The van der Waals surface area contributed by atoms with Crippen molar-refractivity contribution in [2.24, 2.45) is 0 Å². The minimum absolute atomic E-state index is 0.0194. The van der Waals surface area contributed by atoms with Crippen LogP contribution in [-0.2, 0) is 11.3 Å². The highest BCUT2D eigenvalue weighted by atomic mass is 19.4. The molecule has 0 N–H and O–H groups in total. The molecule has 3 rings (SSSR count). The van der Waals surface area contributed by atoms with E-state index in [4.69, 9.17) is 4.74 Å². The molecule has 0 aliphatic carbocycles. The Kier molecular flexibility index (Phi) is 7.72. The van der Waals surface area contributed by atoms with E-state index < -0.39 is 23.2 Å². The van der Waals surface area contributed by atoms with Crippen LogP contribution in [0.15, 0.2) is 42.5 Å². The summed E-state index contributed by atoms with van der Waals surface area (Å²) in [7, 11) is 0. The van der Waals surface area contributed by atoms with Gasteiger partial charge in [0.05, 0.1) is 17.1 Å². The van der Waals surface area contributed by atoms with E-state index in [1.165, 1.54) is 23.1 Å². The lowest BCUT2D eigenvalue weighted by atomic mass is 10.1. The van der Waals surface area contributed by atoms with Crippen LogP contribution in [0.5, 0.6) is 5.75 Å². The van der Waals surface area contributed by atoms with Gasteiger partial charge in [-0.05, 0) is 30.7 Å². The van der Waals surface area contributed by atoms with Crippen molar-refractivity contribution >= 4 is 17.6 Å². The minimum Gasteiger partial charge on any atom is -0.462 e. The molecule has 1 amide bonds. The molecule has 0 bridgehead atoms. The Morgan fingerprint density at radius 1 is 1.03 bits per heavy atom. The average Bonchev–Trinajstić information content (AvgIpc) is 2.79. The van der Waals surface area contributed by atoms with Crippen LogP contribution in [-0.4, -0.2) is 65.7 Å². The predicted molar refractivity (Wildman–Crippen MR) is 113 cm³/mol. The van der Waals surface area contributed by atoms with Crippen molar-refractivity contribution in [3.05, 3.63) is 69.3 Å². The Morgan fingerprint density at radius 3 is 2.21 bits per heavy atom. The third-order valence-electron chi connectivity index (χ3n) is 5.11. The van der Waals surface area contributed by atoms with E-state index in [0.29, 0.717) is 32.7 Å². The molecular formula is C22H22F3N3O6. The Bertz CT molecular complexity index is 1050. The molecule has 1 aliphatic heterocycles. The van der Waals surface area contributed by atoms with E-state index in [-0.39, 0.29) is 29.2 Å². The van der Waals surface area contributed by atoms with Crippen LogP contribution in [0.1, 0.15) is 33.2 Å². The first kappa shape index (κ1) is 25.0. The van der Waals surface area contributed by atoms with Crippen molar-refractivity contribution in [3.8, 4) is 5.75 Å². The Labute approximate surface area is 192 Å². The zero-order chi connectivity index (χ0) is 24.9. The summed E-state index contributed by atoms with van der Waals surface area (Å²) >= 11 is 0. The number of nitro groups is 1. The van der Waals surface area contributed by atoms with Gasteiger partial charge in [-0.25, -0.2) is 4.79 Å². The second-order valence-corrected chi connectivity index (χ2v) is 7.51. The minimum atomic E-state index is -4.75. The molecule has 0 unspecified atom stereocenters. The van der Waals surface area contributed by atoms with Gasteiger partial charge in [0.25, 0.3) is 11.6 Å². The molecule has 1 aliphatic rings. The monoisotopic (exact) mass is 481 g/mol. The highest BCUT2D eigenvalue weighted by Gasteiger charge is 2.31. The van der Waals surface area contributed by atoms with Crippen molar-refractivity contribution in [1.29, 1.82) is 0 Å². The predicted octanol–water partition coefficient (Wildman–Crippen LogP) is 3.63. The number of benzene rings is 2. The number of carbonyl (C=O) groups is 2. The summed E-state index contributed by atoms with van der Waals surface area (Å²) in [5, 5.41) is 11.2. The number of non-ortho nitro benzene ring substituents is 1. The summed E-state index contributed by atoms with van der Waals surface area (Å²) in [6.07, 6.45) is -4.75. The van der Waals surface area contributed by atoms with E-state index in [1.54, 1.807) is 19.1 Å². The maximum absolute atomic E-state index is 13.0. The lowest BCUT2D eigenvalue weighted by Gasteiger charge is -2.34. The summed E-state index contributed by atoms with van der Waals surface area (Å²) in [5.74, 6) is -1.50. The van der Waals surface area contributed by atoms with Crippen molar-refractivity contribution in [1.82, 2.24) is 9.80 Å². The average molecular weight is 481 g/mol. The lowest BCUT2D eigenvalue weighted by Crippen LogP contribution is -2.48. The van der Waals surface area contributed by atoms with Crippen LogP contribution in [0.2, 0.25) is 0 Å². The van der Waals surface area contributed by atoms with Gasteiger partial charge >= 0.3 is 12.3 Å². The molecule has 34 heavy (non-hydrogen) atoms. The molecule has 2 aromatic rings. The highest BCUT2D eigenvalue weighted by Crippen LogP contribution is 2.24. The van der Waals surface area contributed by atoms with Crippen LogP contribution in [0.25, 0.3) is 0 Å². The fourth-order valence-corrected chi connectivity index (χ4v) is 3.52. The molecule has 0 atom stereocenters. The van der Waals surface area contributed by atoms with E-state index in [2.05, 4.69) is 4.74 Å².